The highest BCUT2D eigenvalue weighted by atomic mass is 79.9. The van der Waals surface area contributed by atoms with Gasteiger partial charge in [0.05, 0.1) is 12.2 Å². The van der Waals surface area contributed by atoms with Gasteiger partial charge in [-0.1, -0.05) is 29.8 Å². The number of aryl methyl sites for hydroxylation is 2. The Balaban J connectivity index is 1.90. The number of anilines is 1. The van der Waals surface area contributed by atoms with Gasteiger partial charge in [0.1, 0.15) is 5.75 Å². The van der Waals surface area contributed by atoms with Crippen molar-refractivity contribution in [1.29, 1.82) is 0 Å². The van der Waals surface area contributed by atoms with Crippen molar-refractivity contribution in [2.24, 2.45) is 5.92 Å². The first-order valence-corrected chi connectivity index (χ1v) is 9.52. The minimum Gasteiger partial charge on any atom is -0.483 e. The first-order chi connectivity index (χ1) is 12.8. The Morgan fingerprint density at radius 2 is 1.67 bits per heavy atom. The molecule has 5 nitrogen and oxygen atoms in total. The minimum atomic E-state index is -0.369. The predicted molar refractivity (Wildman–Crippen MR) is 109 cm³/mol. The fourth-order valence-corrected chi connectivity index (χ4v) is 3.16. The Morgan fingerprint density at radius 1 is 1.07 bits per heavy atom. The number of esters is 1. The third-order valence-corrected chi connectivity index (χ3v) is 4.18. The monoisotopic (exact) mass is 433 g/mol. The maximum atomic E-state index is 12.1. The van der Waals surface area contributed by atoms with Gasteiger partial charge < -0.3 is 14.8 Å². The number of amides is 1. The van der Waals surface area contributed by atoms with Crippen LogP contribution in [0, 0.1) is 19.8 Å². The summed E-state index contributed by atoms with van der Waals surface area (Å²) >= 11 is 3.44. The van der Waals surface area contributed by atoms with Crippen LogP contribution in [-0.4, -0.2) is 25.1 Å². The molecule has 0 atom stereocenters. The summed E-state index contributed by atoms with van der Waals surface area (Å²) in [4.78, 5) is 24.0. The average Bonchev–Trinajstić information content (AvgIpc) is 2.59. The molecule has 144 valence electrons. The van der Waals surface area contributed by atoms with E-state index in [-0.39, 0.29) is 24.4 Å². The van der Waals surface area contributed by atoms with Crippen molar-refractivity contribution in [2.75, 3.05) is 18.5 Å². The lowest BCUT2D eigenvalue weighted by Gasteiger charge is -2.13. The summed E-state index contributed by atoms with van der Waals surface area (Å²) in [5.74, 6) is 0.347. The summed E-state index contributed by atoms with van der Waals surface area (Å²) in [5, 5.41) is 2.75. The van der Waals surface area contributed by atoms with Gasteiger partial charge in [-0.2, -0.15) is 0 Å². The lowest BCUT2D eigenvalue weighted by atomic mass is 10.1. The number of carbonyl (C=O) groups excluding carboxylic acids is 2. The molecule has 6 heteroatoms. The molecule has 1 N–H and O–H groups in total. The lowest BCUT2D eigenvalue weighted by Crippen LogP contribution is -2.20. The molecule has 2 aromatic rings. The summed E-state index contributed by atoms with van der Waals surface area (Å²) in [7, 11) is 0. The zero-order valence-electron chi connectivity index (χ0n) is 16.0. The molecule has 2 rings (SSSR count). The Kier molecular flexibility index (Phi) is 7.42. The number of carbonyl (C=O) groups is 2. The summed E-state index contributed by atoms with van der Waals surface area (Å²) < 4.78 is 11.8. The largest absolute Gasteiger partial charge is 0.483 e. The number of ether oxygens (including phenoxy) is 2. The van der Waals surface area contributed by atoms with Gasteiger partial charge in [0.2, 0.25) is 0 Å². The zero-order chi connectivity index (χ0) is 20.0. The van der Waals surface area contributed by atoms with Crippen molar-refractivity contribution in [3.05, 3.63) is 57.6 Å². The van der Waals surface area contributed by atoms with Crippen LogP contribution < -0.4 is 10.1 Å². The molecule has 2 aromatic carbocycles. The first-order valence-electron chi connectivity index (χ1n) is 8.73. The van der Waals surface area contributed by atoms with E-state index in [1.807, 2.05) is 39.8 Å². The van der Waals surface area contributed by atoms with Gasteiger partial charge in [0.15, 0.2) is 6.61 Å². The molecule has 0 fully saturated rings. The molecule has 0 heterocycles. The SMILES string of the molecule is Cc1cc(Br)cc(C)c1OCC(=O)Nc1ccc(C(=O)OCC(C)C)cc1. The van der Waals surface area contributed by atoms with Gasteiger partial charge in [-0.15, -0.1) is 0 Å². The van der Waals surface area contributed by atoms with E-state index in [2.05, 4.69) is 21.2 Å². The Bertz CT molecular complexity index is 792. The fourth-order valence-electron chi connectivity index (χ4n) is 2.48. The minimum absolute atomic E-state index is 0.0957. The second-order valence-electron chi connectivity index (χ2n) is 6.78. The molecule has 0 unspecified atom stereocenters. The van der Waals surface area contributed by atoms with Crippen LogP contribution in [0.5, 0.6) is 5.75 Å². The van der Waals surface area contributed by atoms with Crippen LogP contribution in [0.15, 0.2) is 40.9 Å². The van der Waals surface area contributed by atoms with E-state index in [9.17, 15) is 9.59 Å². The highest BCUT2D eigenvalue weighted by molar-refractivity contribution is 9.10. The van der Waals surface area contributed by atoms with Crippen LogP contribution in [0.2, 0.25) is 0 Å². The van der Waals surface area contributed by atoms with Crippen molar-refractivity contribution in [3.8, 4) is 5.75 Å². The second kappa shape index (κ2) is 9.55. The highest BCUT2D eigenvalue weighted by Crippen LogP contribution is 2.27. The molecule has 27 heavy (non-hydrogen) atoms. The van der Waals surface area contributed by atoms with Crippen molar-refractivity contribution < 1.29 is 19.1 Å². The maximum absolute atomic E-state index is 12.1. The standard InChI is InChI=1S/C21H24BrNO4/c1-13(2)11-27-21(25)16-5-7-18(8-6-16)23-19(24)12-26-20-14(3)9-17(22)10-15(20)4/h5-10,13H,11-12H2,1-4H3,(H,23,24). The number of hydrogen-bond donors (Lipinski definition) is 1. The lowest BCUT2D eigenvalue weighted by molar-refractivity contribution is -0.118. The van der Waals surface area contributed by atoms with Gasteiger partial charge in [0, 0.05) is 10.2 Å². The molecule has 0 aromatic heterocycles. The first kappa shape index (κ1) is 21.0. The predicted octanol–water partition coefficient (Wildman–Crippen LogP) is 4.90. The molecule has 0 bridgehead atoms. The number of nitrogens with one attached hydrogen (secondary N) is 1. The molecule has 0 spiro atoms. The highest BCUT2D eigenvalue weighted by Gasteiger charge is 2.11. The van der Waals surface area contributed by atoms with Crippen LogP contribution in [0.25, 0.3) is 0 Å². The molecule has 0 aliphatic rings. The van der Waals surface area contributed by atoms with Crippen molar-refractivity contribution >= 4 is 33.5 Å². The van der Waals surface area contributed by atoms with Crippen molar-refractivity contribution in [1.82, 2.24) is 0 Å². The van der Waals surface area contributed by atoms with Gasteiger partial charge in [0.25, 0.3) is 5.91 Å². The molecule has 0 aliphatic carbocycles. The molecule has 0 aliphatic heterocycles. The maximum Gasteiger partial charge on any atom is 0.338 e. The van der Waals surface area contributed by atoms with Crippen molar-refractivity contribution in [2.45, 2.75) is 27.7 Å². The Labute approximate surface area is 168 Å². The molecule has 1 amide bonds. The van der Waals surface area contributed by atoms with Gasteiger partial charge in [-0.25, -0.2) is 4.79 Å². The van der Waals surface area contributed by atoms with E-state index in [4.69, 9.17) is 9.47 Å². The van der Waals surface area contributed by atoms with Crippen molar-refractivity contribution in [3.63, 3.8) is 0 Å². The fraction of sp³-hybridized carbons (Fsp3) is 0.333. The summed E-state index contributed by atoms with van der Waals surface area (Å²) in [6.07, 6.45) is 0. The normalized spacial score (nSPS) is 10.6. The third-order valence-electron chi connectivity index (χ3n) is 3.72. The Hall–Kier alpha value is -2.34. The number of rotatable bonds is 7. The quantitative estimate of drug-likeness (QED) is 0.630. The molecule has 0 saturated heterocycles. The van der Waals surface area contributed by atoms with E-state index < -0.39 is 0 Å². The molecule has 0 saturated carbocycles. The number of hydrogen-bond acceptors (Lipinski definition) is 4. The van der Waals surface area contributed by atoms with Crippen LogP contribution >= 0.6 is 15.9 Å². The van der Waals surface area contributed by atoms with E-state index in [1.54, 1.807) is 24.3 Å². The third kappa shape index (κ3) is 6.40. The average molecular weight is 434 g/mol. The Morgan fingerprint density at radius 3 is 2.22 bits per heavy atom. The van der Waals surface area contributed by atoms with Gasteiger partial charge in [-0.05, 0) is 67.3 Å². The van der Waals surface area contributed by atoms with E-state index >= 15 is 0 Å². The van der Waals surface area contributed by atoms with Crippen LogP contribution in [0.1, 0.15) is 35.3 Å². The van der Waals surface area contributed by atoms with E-state index in [0.29, 0.717) is 23.6 Å². The van der Waals surface area contributed by atoms with Gasteiger partial charge >= 0.3 is 5.97 Å². The van der Waals surface area contributed by atoms with E-state index in [0.717, 1.165) is 15.6 Å². The molecular weight excluding hydrogens is 410 g/mol. The van der Waals surface area contributed by atoms with Crippen LogP contribution in [0.4, 0.5) is 5.69 Å². The van der Waals surface area contributed by atoms with E-state index in [1.165, 1.54) is 0 Å². The number of benzene rings is 2. The smallest absolute Gasteiger partial charge is 0.338 e. The molecular formula is C21H24BrNO4. The van der Waals surface area contributed by atoms with Crippen LogP contribution in [0.3, 0.4) is 0 Å². The molecule has 0 radical (unpaired) electrons. The van der Waals surface area contributed by atoms with Gasteiger partial charge in [-0.3, -0.25) is 4.79 Å². The summed E-state index contributed by atoms with van der Waals surface area (Å²) in [6.45, 7) is 8.10. The van der Waals surface area contributed by atoms with Crippen LogP contribution in [-0.2, 0) is 9.53 Å². The topological polar surface area (TPSA) is 64.6 Å². The zero-order valence-corrected chi connectivity index (χ0v) is 17.6. The summed E-state index contributed by atoms with van der Waals surface area (Å²) in [6, 6.07) is 10.5. The number of halogens is 1. The summed E-state index contributed by atoms with van der Waals surface area (Å²) in [5.41, 5.74) is 2.96. The second-order valence-corrected chi connectivity index (χ2v) is 7.69.